The van der Waals surface area contributed by atoms with Gasteiger partial charge in [-0.15, -0.1) is 0 Å². The topological polar surface area (TPSA) is 55.8 Å². The lowest BCUT2D eigenvalue weighted by Crippen LogP contribution is -2.46. The lowest BCUT2D eigenvalue weighted by Gasteiger charge is -2.34. The molecule has 0 N–H and O–H groups in total. The van der Waals surface area contributed by atoms with Gasteiger partial charge in [0.1, 0.15) is 5.75 Å². The molecule has 144 valence electrons. The minimum absolute atomic E-state index is 0.0351. The van der Waals surface area contributed by atoms with E-state index in [1.54, 1.807) is 13.0 Å². The second kappa shape index (κ2) is 8.53. The van der Waals surface area contributed by atoms with Gasteiger partial charge in [-0.2, -0.15) is 0 Å². The van der Waals surface area contributed by atoms with E-state index in [2.05, 4.69) is 4.90 Å². The number of ketones is 1. The van der Waals surface area contributed by atoms with Crippen LogP contribution in [0, 0.1) is 5.92 Å². The third-order valence-corrected chi connectivity index (χ3v) is 5.05. The number of Topliss-reactive ketones (excluding diaryl/α,β-unsaturated/α-hetero) is 1. The Morgan fingerprint density at radius 2 is 2.07 bits per heavy atom. The predicted octanol–water partition coefficient (Wildman–Crippen LogP) is 3.16. The van der Waals surface area contributed by atoms with Crippen molar-refractivity contribution in [1.29, 1.82) is 0 Å². The average molecular weight is 369 g/mol. The second-order valence-electron chi connectivity index (χ2n) is 7.23. The van der Waals surface area contributed by atoms with Crippen LogP contribution >= 0.6 is 0 Å². The number of carbonyl (C=O) groups is 2. The van der Waals surface area contributed by atoms with Gasteiger partial charge in [-0.3, -0.25) is 14.5 Å². The molecule has 1 aromatic carbocycles. The number of piperidine rings is 1. The number of esters is 1. The minimum Gasteiger partial charge on any atom is -0.475 e. The molecule has 27 heavy (non-hydrogen) atoms. The summed E-state index contributed by atoms with van der Waals surface area (Å²) in [6, 6.07) is 9.37. The molecule has 0 amide bonds. The second-order valence-corrected chi connectivity index (χ2v) is 7.23. The predicted molar refractivity (Wildman–Crippen MR) is 104 cm³/mol. The molecule has 0 spiro atoms. The van der Waals surface area contributed by atoms with Crippen molar-refractivity contribution in [2.45, 2.75) is 32.3 Å². The third kappa shape index (κ3) is 4.66. The van der Waals surface area contributed by atoms with Crippen LogP contribution in [-0.2, 0) is 14.3 Å². The zero-order valence-electron chi connectivity index (χ0n) is 16.0. The first-order valence-corrected chi connectivity index (χ1v) is 9.58. The molecule has 5 nitrogen and oxygen atoms in total. The maximum atomic E-state index is 13.1. The van der Waals surface area contributed by atoms with E-state index in [1.807, 2.05) is 49.4 Å². The molecule has 1 aliphatic carbocycles. The van der Waals surface area contributed by atoms with Gasteiger partial charge in [0.05, 0.1) is 12.5 Å². The fourth-order valence-corrected chi connectivity index (χ4v) is 3.65. The number of rotatable bonds is 6. The fraction of sp³-hybridized carbons (Fsp3) is 0.455. The van der Waals surface area contributed by atoms with Crippen molar-refractivity contribution in [2.75, 3.05) is 26.2 Å². The van der Waals surface area contributed by atoms with Crippen LogP contribution in [0.1, 0.15) is 26.7 Å². The standard InChI is InChI=1S/C22H27NO4/c1-3-26-21(25)18-10-8-14-23(16-18)15-17-9-7-13-22(2,20(17)24)27-19-11-5-4-6-12-19/h4-7,9,11-13,18H,3,8,10,14-16H2,1-2H3. The van der Waals surface area contributed by atoms with Gasteiger partial charge < -0.3 is 9.47 Å². The number of allylic oxidation sites excluding steroid dienone is 2. The third-order valence-electron chi connectivity index (χ3n) is 5.05. The van der Waals surface area contributed by atoms with Crippen LogP contribution in [0.15, 0.2) is 54.1 Å². The Morgan fingerprint density at radius 3 is 2.81 bits per heavy atom. The van der Waals surface area contributed by atoms with Gasteiger partial charge in [-0.1, -0.05) is 30.4 Å². The van der Waals surface area contributed by atoms with E-state index in [9.17, 15) is 9.59 Å². The molecular formula is C22H27NO4. The summed E-state index contributed by atoms with van der Waals surface area (Å²) in [6.45, 7) is 6.04. The van der Waals surface area contributed by atoms with Crippen LogP contribution in [0.5, 0.6) is 5.75 Å². The van der Waals surface area contributed by atoms with Crippen molar-refractivity contribution in [3.8, 4) is 5.75 Å². The average Bonchev–Trinajstić information content (AvgIpc) is 2.67. The number of para-hydroxylation sites is 1. The molecule has 2 aliphatic rings. The molecule has 2 atom stereocenters. The van der Waals surface area contributed by atoms with Gasteiger partial charge in [0.2, 0.25) is 5.78 Å². The number of carbonyl (C=O) groups excluding carboxylic acids is 2. The molecule has 1 aliphatic heterocycles. The number of ether oxygens (including phenoxy) is 2. The SMILES string of the molecule is CCOC(=O)C1CCCN(CC2=CC=CC(C)(Oc3ccccc3)C2=O)C1. The number of hydrogen-bond acceptors (Lipinski definition) is 5. The van der Waals surface area contributed by atoms with Crippen LogP contribution in [0.2, 0.25) is 0 Å². The molecule has 1 heterocycles. The molecule has 3 rings (SSSR count). The minimum atomic E-state index is -1.01. The highest BCUT2D eigenvalue weighted by atomic mass is 16.5. The van der Waals surface area contributed by atoms with E-state index >= 15 is 0 Å². The van der Waals surface area contributed by atoms with E-state index in [4.69, 9.17) is 9.47 Å². The summed E-state index contributed by atoms with van der Waals surface area (Å²) < 4.78 is 11.2. The summed E-state index contributed by atoms with van der Waals surface area (Å²) in [6.07, 6.45) is 7.30. The van der Waals surface area contributed by atoms with Gasteiger partial charge >= 0.3 is 5.97 Å². The van der Waals surface area contributed by atoms with Crippen molar-refractivity contribution in [1.82, 2.24) is 4.90 Å². The molecule has 1 saturated heterocycles. The van der Waals surface area contributed by atoms with Gasteiger partial charge in [-0.25, -0.2) is 0 Å². The molecule has 0 bridgehead atoms. The van der Waals surface area contributed by atoms with Crippen LogP contribution in [0.4, 0.5) is 0 Å². The molecule has 5 heteroatoms. The largest absolute Gasteiger partial charge is 0.475 e. The lowest BCUT2D eigenvalue weighted by molar-refractivity contribution is -0.149. The summed E-state index contributed by atoms with van der Waals surface area (Å²) in [4.78, 5) is 27.3. The lowest BCUT2D eigenvalue weighted by atomic mass is 9.88. The van der Waals surface area contributed by atoms with Gasteiger partial charge in [0, 0.05) is 18.7 Å². The number of benzene rings is 1. The Morgan fingerprint density at radius 1 is 1.30 bits per heavy atom. The maximum Gasteiger partial charge on any atom is 0.310 e. The van der Waals surface area contributed by atoms with Gasteiger partial charge in [-0.05, 0) is 51.4 Å². The molecule has 0 radical (unpaired) electrons. The Bertz CT molecular complexity index is 740. The Hall–Kier alpha value is -2.40. The van der Waals surface area contributed by atoms with Gasteiger partial charge in [0.25, 0.3) is 0 Å². The first kappa shape index (κ1) is 19.4. The van der Waals surface area contributed by atoms with Crippen LogP contribution in [0.25, 0.3) is 0 Å². The van der Waals surface area contributed by atoms with Gasteiger partial charge in [0.15, 0.2) is 5.60 Å². The summed E-state index contributed by atoms with van der Waals surface area (Å²) in [5.41, 5.74) is -0.303. The van der Waals surface area contributed by atoms with Crippen molar-refractivity contribution in [3.05, 3.63) is 54.1 Å². The van der Waals surface area contributed by atoms with Crippen molar-refractivity contribution >= 4 is 11.8 Å². The number of likely N-dealkylation sites (tertiary alicyclic amines) is 1. The smallest absolute Gasteiger partial charge is 0.310 e. The Balaban J connectivity index is 1.65. The van der Waals surface area contributed by atoms with Crippen molar-refractivity contribution in [2.24, 2.45) is 5.92 Å². The summed E-state index contributed by atoms with van der Waals surface area (Å²) in [5, 5.41) is 0. The zero-order valence-corrected chi connectivity index (χ0v) is 16.0. The number of hydrogen-bond donors (Lipinski definition) is 0. The van der Waals surface area contributed by atoms with E-state index in [-0.39, 0.29) is 17.7 Å². The molecule has 0 saturated carbocycles. The Labute approximate surface area is 160 Å². The van der Waals surface area contributed by atoms with E-state index in [1.165, 1.54) is 0 Å². The fourth-order valence-electron chi connectivity index (χ4n) is 3.65. The monoisotopic (exact) mass is 369 g/mol. The number of nitrogens with zero attached hydrogens (tertiary/aromatic N) is 1. The van der Waals surface area contributed by atoms with Crippen LogP contribution in [0.3, 0.4) is 0 Å². The normalized spacial score (nSPS) is 25.8. The molecular weight excluding hydrogens is 342 g/mol. The highest BCUT2D eigenvalue weighted by Crippen LogP contribution is 2.27. The van der Waals surface area contributed by atoms with E-state index in [0.717, 1.165) is 19.4 Å². The maximum absolute atomic E-state index is 13.1. The summed E-state index contributed by atoms with van der Waals surface area (Å²) in [7, 11) is 0. The first-order chi connectivity index (χ1) is 13.0. The van der Waals surface area contributed by atoms with E-state index in [0.29, 0.717) is 31.0 Å². The van der Waals surface area contributed by atoms with Crippen LogP contribution in [-0.4, -0.2) is 48.5 Å². The first-order valence-electron chi connectivity index (χ1n) is 9.58. The molecule has 0 aromatic heterocycles. The summed E-state index contributed by atoms with van der Waals surface area (Å²) >= 11 is 0. The Kier molecular flexibility index (Phi) is 6.11. The quantitative estimate of drug-likeness (QED) is 0.721. The highest BCUT2D eigenvalue weighted by molar-refractivity contribution is 6.05. The highest BCUT2D eigenvalue weighted by Gasteiger charge is 2.38. The zero-order chi connectivity index (χ0) is 19.3. The summed E-state index contributed by atoms with van der Waals surface area (Å²) in [5.74, 6) is 0.385. The van der Waals surface area contributed by atoms with Crippen molar-refractivity contribution < 1.29 is 19.1 Å². The molecule has 1 fully saturated rings. The van der Waals surface area contributed by atoms with E-state index < -0.39 is 5.60 Å². The molecule has 2 unspecified atom stereocenters. The van der Waals surface area contributed by atoms with Crippen molar-refractivity contribution in [3.63, 3.8) is 0 Å². The molecule has 1 aromatic rings. The van der Waals surface area contributed by atoms with Crippen LogP contribution < -0.4 is 4.74 Å².